The molecule has 0 aromatic carbocycles. The lowest BCUT2D eigenvalue weighted by Gasteiger charge is -2.28. The van der Waals surface area contributed by atoms with Gasteiger partial charge in [-0.3, -0.25) is 4.68 Å². The van der Waals surface area contributed by atoms with Crippen LogP contribution in [0.25, 0.3) is 0 Å². The van der Waals surface area contributed by atoms with Gasteiger partial charge in [0, 0.05) is 19.3 Å². The fraction of sp³-hybridized carbons (Fsp3) is 0.727. The first-order valence-corrected chi connectivity index (χ1v) is 5.76. The maximum atomic E-state index is 5.71. The molecule has 0 bridgehead atoms. The maximum Gasteiger partial charge on any atom is 0.0525 e. The molecule has 3 N–H and O–H groups in total. The van der Waals surface area contributed by atoms with E-state index < -0.39 is 0 Å². The van der Waals surface area contributed by atoms with Gasteiger partial charge >= 0.3 is 0 Å². The first-order chi connectivity index (χ1) is 7.33. The van der Waals surface area contributed by atoms with Crippen LogP contribution in [0.1, 0.15) is 24.8 Å². The normalized spacial score (nSPS) is 26.8. The molecule has 4 heteroatoms. The molecular weight excluding hydrogens is 188 g/mol. The summed E-state index contributed by atoms with van der Waals surface area (Å²) in [6.07, 6.45) is 5.35. The van der Waals surface area contributed by atoms with Gasteiger partial charge in [0.05, 0.1) is 6.20 Å². The lowest BCUT2D eigenvalue weighted by molar-refractivity contribution is 0.348. The van der Waals surface area contributed by atoms with E-state index in [0.29, 0.717) is 11.8 Å². The highest BCUT2D eigenvalue weighted by Crippen LogP contribution is 2.25. The van der Waals surface area contributed by atoms with Gasteiger partial charge in [-0.25, -0.2) is 0 Å². The first kappa shape index (κ1) is 10.6. The van der Waals surface area contributed by atoms with Crippen molar-refractivity contribution in [2.45, 2.75) is 25.8 Å². The minimum Gasteiger partial charge on any atom is -0.330 e. The van der Waals surface area contributed by atoms with Crippen LogP contribution in [0, 0.1) is 5.92 Å². The third-order valence-corrected chi connectivity index (χ3v) is 3.22. The molecule has 1 aromatic rings. The van der Waals surface area contributed by atoms with E-state index in [1.807, 2.05) is 10.9 Å². The van der Waals surface area contributed by atoms with Crippen molar-refractivity contribution in [3.8, 4) is 0 Å². The van der Waals surface area contributed by atoms with Crippen LogP contribution in [0.5, 0.6) is 0 Å². The van der Waals surface area contributed by atoms with Crippen molar-refractivity contribution in [3.63, 3.8) is 0 Å². The second kappa shape index (κ2) is 4.77. The van der Waals surface area contributed by atoms with Gasteiger partial charge in [0.1, 0.15) is 0 Å². The minimum atomic E-state index is 0.590. The number of nitrogens with zero attached hydrogens (tertiary/aromatic N) is 2. The molecule has 84 valence electrons. The molecule has 1 aliphatic rings. The molecule has 0 saturated carbocycles. The fourth-order valence-electron chi connectivity index (χ4n) is 2.23. The van der Waals surface area contributed by atoms with Gasteiger partial charge in [-0.15, -0.1) is 0 Å². The SMILES string of the molecule is CCn1cc(C2CNCC(CN)C2)cn1. The quantitative estimate of drug-likeness (QED) is 0.763. The largest absolute Gasteiger partial charge is 0.330 e. The molecule has 0 radical (unpaired) electrons. The minimum absolute atomic E-state index is 0.590. The van der Waals surface area contributed by atoms with Gasteiger partial charge in [-0.1, -0.05) is 0 Å². The average molecular weight is 208 g/mol. The van der Waals surface area contributed by atoms with Gasteiger partial charge in [0.25, 0.3) is 0 Å². The molecule has 2 rings (SSSR count). The molecule has 0 aliphatic carbocycles. The summed E-state index contributed by atoms with van der Waals surface area (Å²) in [4.78, 5) is 0. The predicted octanol–water partition coefficient (Wildman–Crippen LogP) is 0.555. The predicted molar refractivity (Wildman–Crippen MR) is 60.7 cm³/mol. The molecule has 2 unspecified atom stereocenters. The van der Waals surface area contributed by atoms with Crippen LogP contribution in [0.4, 0.5) is 0 Å². The molecule has 1 saturated heterocycles. The van der Waals surface area contributed by atoms with Gasteiger partial charge in [0.2, 0.25) is 0 Å². The van der Waals surface area contributed by atoms with Crippen molar-refractivity contribution in [3.05, 3.63) is 18.0 Å². The molecule has 1 aliphatic heterocycles. The van der Waals surface area contributed by atoms with Crippen LogP contribution in [0.3, 0.4) is 0 Å². The maximum absolute atomic E-state index is 5.71. The Morgan fingerprint density at radius 2 is 2.47 bits per heavy atom. The average Bonchev–Trinajstić information content (AvgIpc) is 2.78. The summed E-state index contributed by atoms with van der Waals surface area (Å²) >= 11 is 0. The smallest absolute Gasteiger partial charge is 0.0525 e. The zero-order valence-corrected chi connectivity index (χ0v) is 9.32. The van der Waals surface area contributed by atoms with Crippen LogP contribution in [0.15, 0.2) is 12.4 Å². The molecule has 1 aromatic heterocycles. The van der Waals surface area contributed by atoms with Crippen LogP contribution >= 0.6 is 0 Å². The number of hydrogen-bond donors (Lipinski definition) is 2. The second-order valence-electron chi connectivity index (χ2n) is 4.32. The number of nitrogens with one attached hydrogen (secondary N) is 1. The summed E-state index contributed by atoms with van der Waals surface area (Å²) in [5, 5.41) is 7.76. The van der Waals surface area contributed by atoms with Crippen molar-refractivity contribution in [2.75, 3.05) is 19.6 Å². The van der Waals surface area contributed by atoms with Crippen LogP contribution in [0.2, 0.25) is 0 Å². The third kappa shape index (κ3) is 2.38. The highest BCUT2D eigenvalue weighted by Gasteiger charge is 2.22. The summed E-state index contributed by atoms with van der Waals surface area (Å²) in [6, 6.07) is 0. The Bertz CT molecular complexity index is 307. The summed E-state index contributed by atoms with van der Waals surface area (Å²) in [5.74, 6) is 1.21. The van der Waals surface area contributed by atoms with E-state index >= 15 is 0 Å². The Hall–Kier alpha value is -0.870. The lowest BCUT2D eigenvalue weighted by atomic mass is 9.87. The van der Waals surface area contributed by atoms with Crippen molar-refractivity contribution >= 4 is 0 Å². The van der Waals surface area contributed by atoms with Gasteiger partial charge in [-0.2, -0.15) is 5.10 Å². The van der Waals surface area contributed by atoms with Gasteiger partial charge in [0.15, 0.2) is 0 Å². The van der Waals surface area contributed by atoms with E-state index in [1.165, 1.54) is 12.0 Å². The van der Waals surface area contributed by atoms with E-state index in [1.54, 1.807) is 0 Å². The van der Waals surface area contributed by atoms with Gasteiger partial charge < -0.3 is 11.1 Å². The Labute approximate surface area is 90.8 Å². The summed E-state index contributed by atoms with van der Waals surface area (Å²) in [6.45, 7) is 5.96. The Kier molecular flexibility index (Phi) is 3.38. The number of nitrogens with two attached hydrogens (primary N) is 1. The Morgan fingerprint density at radius 1 is 1.60 bits per heavy atom. The standard InChI is InChI=1S/C11H20N4/c1-2-15-8-11(7-14-15)10-3-9(4-12)5-13-6-10/h7-10,13H,2-6,12H2,1H3. The van der Waals surface area contributed by atoms with Gasteiger partial charge in [-0.05, 0) is 43.8 Å². The summed E-state index contributed by atoms with van der Waals surface area (Å²) in [5.41, 5.74) is 7.06. The van der Waals surface area contributed by atoms with E-state index in [0.717, 1.165) is 26.2 Å². The zero-order chi connectivity index (χ0) is 10.7. The molecule has 2 atom stereocenters. The molecular formula is C11H20N4. The number of hydrogen-bond acceptors (Lipinski definition) is 3. The molecule has 0 amide bonds. The first-order valence-electron chi connectivity index (χ1n) is 5.76. The molecule has 1 fully saturated rings. The monoisotopic (exact) mass is 208 g/mol. The highest BCUT2D eigenvalue weighted by molar-refractivity contribution is 5.13. The van der Waals surface area contributed by atoms with Crippen molar-refractivity contribution in [2.24, 2.45) is 11.7 Å². The van der Waals surface area contributed by atoms with E-state index in [-0.39, 0.29) is 0 Å². The molecule has 15 heavy (non-hydrogen) atoms. The highest BCUT2D eigenvalue weighted by atomic mass is 15.3. The second-order valence-corrected chi connectivity index (χ2v) is 4.32. The van der Waals surface area contributed by atoms with E-state index in [9.17, 15) is 0 Å². The molecule has 4 nitrogen and oxygen atoms in total. The fourth-order valence-corrected chi connectivity index (χ4v) is 2.23. The van der Waals surface area contributed by atoms with E-state index in [2.05, 4.69) is 23.5 Å². The van der Waals surface area contributed by atoms with E-state index in [4.69, 9.17) is 5.73 Å². The van der Waals surface area contributed by atoms with Crippen LogP contribution < -0.4 is 11.1 Å². The number of aromatic nitrogens is 2. The van der Waals surface area contributed by atoms with Crippen molar-refractivity contribution in [1.82, 2.24) is 15.1 Å². The Balaban J connectivity index is 2.03. The zero-order valence-electron chi connectivity index (χ0n) is 9.32. The van der Waals surface area contributed by atoms with Crippen LogP contribution in [-0.4, -0.2) is 29.4 Å². The topological polar surface area (TPSA) is 55.9 Å². The summed E-state index contributed by atoms with van der Waals surface area (Å²) in [7, 11) is 0. The molecule has 2 heterocycles. The number of aryl methyl sites for hydroxylation is 1. The Morgan fingerprint density at radius 3 is 3.13 bits per heavy atom. The van der Waals surface area contributed by atoms with Crippen LogP contribution in [-0.2, 0) is 6.54 Å². The van der Waals surface area contributed by atoms with Crippen molar-refractivity contribution < 1.29 is 0 Å². The molecule has 0 spiro atoms. The lowest BCUT2D eigenvalue weighted by Crippen LogP contribution is -2.38. The number of rotatable bonds is 3. The van der Waals surface area contributed by atoms with Crippen molar-refractivity contribution in [1.29, 1.82) is 0 Å². The third-order valence-electron chi connectivity index (χ3n) is 3.22. The number of piperidine rings is 1. The summed E-state index contributed by atoms with van der Waals surface area (Å²) < 4.78 is 1.99.